The molecular formula is C18H25Cl2IN4O2S. The third kappa shape index (κ3) is 7.90. The first-order valence-corrected chi connectivity index (χ1v) is 10.2. The van der Waals surface area contributed by atoms with Crippen LogP contribution in [0.3, 0.4) is 0 Å². The van der Waals surface area contributed by atoms with Gasteiger partial charge in [-0.05, 0) is 26.0 Å². The largest absolute Gasteiger partial charge is 0.489 e. The Kier molecular flexibility index (Phi) is 11.4. The van der Waals surface area contributed by atoms with Crippen LogP contribution in [-0.4, -0.2) is 53.8 Å². The first-order valence-electron chi connectivity index (χ1n) is 8.56. The summed E-state index contributed by atoms with van der Waals surface area (Å²) in [7, 11) is 1.94. The number of thiazole rings is 1. The second-order valence-corrected chi connectivity index (χ2v) is 7.77. The third-order valence-electron chi connectivity index (χ3n) is 3.56. The van der Waals surface area contributed by atoms with Crippen LogP contribution in [0.2, 0.25) is 10.0 Å². The number of rotatable bonds is 8. The lowest BCUT2D eigenvalue weighted by molar-refractivity contribution is 0.114. The van der Waals surface area contributed by atoms with Gasteiger partial charge in [0.15, 0.2) is 5.96 Å². The quantitative estimate of drug-likeness (QED) is 0.288. The minimum Gasteiger partial charge on any atom is -0.489 e. The number of aliphatic imine (C=N–C) groups is 1. The van der Waals surface area contributed by atoms with E-state index < -0.39 is 6.10 Å². The van der Waals surface area contributed by atoms with Crippen LogP contribution in [0.15, 0.2) is 28.6 Å². The molecule has 1 aromatic heterocycles. The van der Waals surface area contributed by atoms with Crippen molar-refractivity contribution in [3.8, 4) is 5.75 Å². The van der Waals surface area contributed by atoms with Crippen LogP contribution in [0, 0.1) is 6.92 Å². The van der Waals surface area contributed by atoms with E-state index in [9.17, 15) is 5.11 Å². The Hall–Kier alpha value is -0.810. The molecule has 0 fully saturated rings. The first-order chi connectivity index (χ1) is 12.9. The number of hydrogen-bond donors (Lipinski definition) is 2. The molecular weight excluding hydrogens is 534 g/mol. The van der Waals surface area contributed by atoms with Crippen molar-refractivity contribution < 1.29 is 9.84 Å². The summed E-state index contributed by atoms with van der Waals surface area (Å²) in [5.41, 5.74) is 0.991. The molecule has 0 saturated heterocycles. The van der Waals surface area contributed by atoms with Gasteiger partial charge in [0.25, 0.3) is 0 Å². The van der Waals surface area contributed by atoms with Crippen LogP contribution in [0.25, 0.3) is 0 Å². The van der Waals surface area contributed by atoms with Gasteiger partial charge >= 0.3 is 0 Å². The highest BCUT2D eigenvalue weighted by atomic mass is 127. The van der Waals surface area contributed by atoms with E-state index in [0.717, 1.165) is 17.2 Å². The third-order valence-corrected chi connectivity index (χ3v) is 5.19. The number of aliphatic hydroxyl groups is 1. The van der Waals surface area contributed by atoms with E-state index in [-0.39, 0.29) is 37.1 Å². The number of nitrogens with zero attached hydrogens (tertiary/aromatic N) is 3. The number of ether oxygens (including phenoxy) is 1. The summed E-state index contributed by atoms with van der Waals surface area (Å²) < 4.78 is 5.55. The Morgan fingerprint density at radius 3 is 2.82 bits per heavy atom. The molecule has 156 valence electrons. The van der Waals surface area contributed by atoms with Crippen molar-refractivity contribution in [2.75, 3.05) is 26.7 Å². The molecule has 1 atom stereocenters. The normalized spacial score (nSPS) is 12.3. The maximum Gasteiger partial charge on any atom is 0.194 e. The molecule has 0 saturated carbocycles. The van der Waals surface area contributed by atoms with Gasteiger partial charge in [0, 0.05) is 19.0 Å². The fraction of sp³-hybridized carbons (Fsp3) is 0.444. The minimum absolute atomic E-state index is 0. The van der Waals surface area contributed by atoms with Crippen LogP contribution in [0.5, 0.6) is 5.75 Å². The van der Waals surface area contributed by atoms with Crippen molar-refractivity contribution in [3.63, 3.8) is 0 Å². The summed E-state index contributed by atoms with van der Waals surface area (Å²) in [5, 5.41) is 17.2. The molecule has 2 N–H and O–H groups in total. The molecule has 0 spiro atoms. The van der Waals surface area contributed by atoms with Gasteiger partial charge in [-0.2, -0.15) is 0 Å². The predicted octanol–water partition coefficient (Wildman–Crippen LogP) is 4.21. The van der Waals surface area contributed by atoms with Crippen LogP contribution < -0.4 is 10.1 Å². The Morgan fingerprint density at radius 1 is 1.43 bits per heavy atom. The maximum absolute atomic E-state index is 10.2. The van der Waals surface area contributed by atoms with Crippen LogP contribution in [-0.2, 0) is 6.54 Å². The summed E-state index contributed by atoms with van der Waals surface area (Å²) in [6.45, 7) is 5.61. The Labute approximate surface area is 196 Å². The van der Waals surface area contributed by atoms with E-state index in [2.05, 4.69) is 15.3 Å². The van der Waals surface area contributed by atoms with Crippen molar-refractivity contribution in [1.29, 1.82) is 0 Å². The second kappa shape index (κ2) is 12.7. The number of guanidine groups is 1. The van der Waals surface area contributed by atoms with Gasteiger partial charge in [0.2, 0.25) is 0 Å². The van der Waals surface area contributed by atoms with Crippen LogP contribution in [0.4, 0.5) is 0 Å². The topological polar surface area (TPSA) is 70.0 Å². The van der Waals surface area contributed by atoms with Gasteiger partial charge in [0.05, 0.1) is 28.8 Å². The Morgan fingerprint density at radius 2 is 2.18 bits per heavy atom. The lowest BCUT2D eigenvalue weighted by atomic mass is 10.3. The average molecular weight is 559 g/mol. The SMILES string of the molecule is CCNC(=NCC(O)COc1cccc(Cl)c1Cl)N(C)Cc1csc(C)n1.I. The molecule has 0 aliphatic heterocycles. The number of aromatic nitrogens is 1. The van der Waals surface area contributed by atoms with Gasteiger partial charge in [-0.25, -0.2) is 4.98 Å². The smallest absolute Gasteiger partial charge is 0.194 e. The highest BCUT2D eigenvalue weighted by Crippen LogP contribution is 2.31. The first kappa shape index (κ1) is 25.2. The number of aryl methyl sites for hydroxylation is 1. The van der Waals surface area contributed by atoms with Crippen molar-refractivity contribution in [1.82, 2.24) is 15.2 Å². The van der Waals surface area contributed by atoms with Crippen LogP contribution >= 0.6 is 58.5 Å². The molecule has 0 bridgehead atoms. The standard InChI is InChI=1S/C18H24Cl2N4O2S.HI/c1-4-21-18(24(3)9-13-11-27-12(2)23-13)22-8-14(25)10-26-16-7-5-6-15(19)17(16)20;/h5-7,11,14,25H,4,8-10H2,1-3H3,(H,21,22);1H. The highest BCUT2D eigenvalue weighted by molar-refractivity contribution is 14.0. The van der Waals surface area contributed by atoms with E-state index in [4.69, 9.17) is 27.9 Å². The van der Waals surface area contributed by atoms with E-state index >= 15 is 0 Å². The number of nitrogens with one attached hydrogen (secondary N) is 1. The zero-order valence-corrected chi connectivity index (χ0v) is 20.6. The summed E-state index contributed by atoms with van der Waals surface area (Å²) >= 11 is 13.7. The van der Waals surface area contributed by atoms with E-state index in [1.54, 1.807) is 29.5 Å². The lowest BCUT2D eigenvalue weighted by Gasteiger charge is -2.21. The molecule has 6 nitrogen and oxygen atoms in total. The van der Waals surface area contributed by atoms with E-state index in [1.807, 2.05) is 31.2 Å². The van der Waals surface area contributed by atoms with Gasteiger partial charge in [-0.3, -0.25) is 4.99 Å². The molecule has 10 heteroatoms. The van der Waals surface area contributed by atoms with Gasteiger partial charge < -0.3 is 20.1 Å². The average Bonchev–Trinajstić information content (AvgIpc) is 3.04. The minimum atomic E-state index is -0.774. The molecule has 2 aromatic rings. The van der Waals surface area contributed by atoms with Gasteiger partial charge in [-0.1, -0.05) is 29.3 Å². The molecule has 1 unspecified atom stereocenters. The molecule has 0 radical (unpaired) electrons. The Balaban J connectivity index is 0.00000392. The number of halogens is 3. The number of aliphatic hydroxyl groups excluding tert-OH is 1. The summed E-state index contributed by atoms with van der Waals surface area (Å²) in [4.78, 5) is 10.9. The summed E-state index contributed by atoms with van der Waals surface area (Å²) in [6, 6.07) is 5.13. The molecule has 0 amide bonds. The Bertz CT molecular complexity index is 776. The maximum atomic E-state index is 10.2. The van der Waals surface area contributed by atoms with Crippen molar-refractivity contribution in [3.05, 3.63) is 44.3 Å². The zero-order valence-electron chi connectivity index (χ0n) is 16.0. The van der Waals surface area contributed by atoms with Crippen molar-refractivity contribution >= 4 is 64.5 Å². The van der Waals surface area contributed by atoms with Gasteiger partial charge in [0.1, 0.15) is 23.5 Å². The molecule has 1 heterocycles. The van der Waals surface area contributed by atoms with Gasteiger partial charge in [-0.15, -0.1) is 35.3 Å². The van der Waals surface area contributed by atoms with Crippen molar-refractivity contribution in [2.24, 2.45) is 4.99 Å². The fourth-order valence-corrected chi connectivity index (χ4v) is 3.24. The molecule has 1 aromatic carbocycles. The molecule has 0 aliphatic carbocycles. The molecule has 2 rings (SSSR count). The molecule has 28 heavy (non-hydrogen) atoms. The monoisotopic (exact) mass is 558 g/mol. The number of benzene rings is 1. The predicted molar refractivity (Wildman–Crippen MR) is 128 cm³/mol. The highest BCUT2D eigenvalue weighted by Gasteiger charge is 2.12. The van der Waals surface area contributed by atoms with Crippen molar-refractivity contribution in [2.45, 2.75) is 26.5 Å². The fourth-order valence-electron chi connectivity index (χ4n) is 2.29. The lowest BCUT2D eigenvalue weighted by Crippen LogP contribution is -2.39. The summed E-state index contributed by atoms with van der Waals surface area (Å²) in [6.07, 6.45) is -0.774. The second-order valence-electron chi connectivity index (χ2n) is 5.93. The zero-order chi connectivity index (χ0) is 19.8. The van der Waals surface area contributed by atoms with E-state index in [0.29, 0.717) is 28.3 Å². The number of hydrogen-bond acceptors (Lipinski definition) is 5. The summed E-state index contributed by atoms with van der Waals surface area (Å²) in [5.74, 6) is 1.14. The molecule has 0 aliphatic rings. The van der Waals surface area contributed by atoms with Crippen LogP contribution in [0.1, 0.15) is 17.6 Å². The van der Waals surface area contributed by atoms with E-state index in [1.165, 1.54) is 0 Å².